The van der Waals surface area contributed by atoms with E-state index in [-0.39, 0.29) is 6.04 Å². The Kier molecular flexibility index (Phi) is 3.31. The normalized spacial score (nSPS) is 13.5. The SMILES string of the molecule is COCC(C(C)C)n1nccc1N. The van der Waals surface area contributed by atoms with E-state index in [9.17, 15) is 0 Å². The topological polar surface area (TPSA) is 53.1 Å². The fraction of sp³-hybridized carbons (Fsp3) is 0.667. The zero-order chi connectivity index (χ0) is 9.84. The van der Waals surface area contributed by atoms with Gasteiger partial charge in [-0.25, -0.2) is 4.68 Å². The summed E-state index contributed by atoms with van der Waals surface area (Å²) in [5.74, 6) is 1.15. The summed E-state index contributed by atoms with van der Waals surface area (Å²) < 4.78 is 6.94. The molecule has 74 valence electrons. The van der Waals surface area contributed by atoms with Gasteiger partial charge < -0.3 is 10.5 Å². The molecule has 0 aliphatic rings. The average Bonchev–Trinajstić information content (AvgIpc) is 2.47. The molecule has 0 saturated carbocycles. The molecule has 0 spiro atoms. The van der Waals surface area contributed by atoms with Crippen LogP contribution in [0.2, 0.25) is 0 Å². The molecule has 1 heterocycles. The zero-order valence-corrected chi connectivity index (χ0v) is 8.40. The molecule has 4 heteroatoms. The lowest BCUT2D eigenvalue weighted by Gasteiger charge is -2.21. The third-order valence-corrected chi connectivity index (χ3v) is 2.12. The monoisotopic (exact) mass is 183 g/mol. The lowest BCUT2D eigenvalue weighted by molar-refractivity contribution is 0.128. The first-order valence-corrected chi connectivity index (χ1v) is 4.44. The summed E-state index contributed by atoms with van der Waals surface area (Å²) in [4.78, 5) is 0. The number of hydrogen-bond acceptors (Lipinski definition) is 3. The van der Waals surface area contributed by atoms with Crippen molar-refractivity contribution in [3.63, 3.8) is 0 Å². The third kappa shape index (κ3) is 2.21. The molecule has 1 aromatic rings. The highest BCUT2D eigenvalue weighted by molar-refractivity contribution is 5.26. The van der Waals surface area contributed by atoms with Crippen molar-refractivity contribution < 1.29 is 4.74 Å². The maximum atomic E-state index is 5.75. The Morgan fingerprint density at radius 3 is 2.69 bits per heavy atom. The van der Waals surface area contributed by atoms with E-state index in [0.717, 1.165) is 0 Å². The van der Waals surface area contributed by atoms with Gasteiger partial charge in [-0.15, -0.1) is 0 Å². The summed E-state index contributed by atoms with van der Waals surface area (Å²) in [5, 5.41) is 4.17. The highest BCUT2D eigenvalue weighted by atomic mass is 16.5. The van der Waals surface area contributed by atoms with Crippen LogP contribution in [0.3, 0.4) is 0 Å². The summed E-state index contributed by atoms with van der Waals surface area (Å²) in [5.41, 5.74) is 5.75. The minimum atomic E-state index is 0.222. The van der Waals surface area contributed by atoms with Gasteiger partial charge in [0.25, 0.3) is 0 Å². The van der Waals surface area contributed by atoms with Crippen molar-refractivity contribution in [3.05, 3.63) is 12.3 Å². The maximum Gasteiger partial charge on any atom is 0.122 e. The molecule has 1 atom stereocenters. The lowest BCUT2D eigenvalue weighted by Crippen LogP contribution is -2.22. The second-order valence-electron chi connectivity index (χ2n) is 3.47. The van der Waals surface area contributed by atoms with E-state index in [1.165, 1.54) is 0 Å². The van der Waals surface area contributed by atoms with E-state index in [1.54, 1.807) is 19.4 Å². The number of nitrogens with zero attached hydrogens (tertiary/aromatic N) is 2. The molecule has 1 unspecified atom stereocenters. The molecule has 4 nitrogen and oxygen atoms in total. The Balaban J connectivity index is 2.82. The number of anilines is 1. The average molecular weight is 183 g/mol. The number of nitrogens with two attached hydrogens (primary N) is 1. The van der Waals surface area contributed by atoms with Crippen LogP contribution in [0.5, 0.6) is 0 Å². The van der Waals surface area contributed by atoms with Gasteiger partial charge in [0, 0.05) is 7.11 Å². The largest absolute Gasteiger partial charge is 0.384 e. The predicted octanol–water partition coefficient (Wildman–Crippen LogP) is 1.31. The van der Waals surface area contributed by atoms with E-state index in [0.29, 0.717) is 18.3 Å². The van der Waals surface area contributed by atoms with Gasteiger partial charge in [-0.1, -0.05) is 13.8 Å². The second kappa shape index (κ2) is 4.28. The molecule has 0 aromatic carbocycles. The first kappa shape index (κ1) is 10.1. The van der Waals surface area contributed by atoms with Crippen molar-refractivity contribution in [1.29, 1.82) is 0 Å². The molecule has 0 amide bonds. The van der Waals surface area contributed by atoms with Gasteiger partial charge in [0.15, 0.2) is 0 Å². The van der Waals surface area contributed by atoms with Crippen molar-refractivity contribution in [2.45, 2.75) is 19.9 Å². The minimum absolute atomic E-state index is 0.222. The van der Waals surface area contributed by atoms with Crippen molar-refractivity contribution in [1.82, 2.24) is 9.78 Å². The minimum Gasteiger partial charge on any atom is -0.384 e. The number of hydrogen-bond donors (Lipinski definition) is 1. The van der Waals surface area contributed by atoms with Crippen molar-refractivity contribution in [2.75, 3.05) is 19.5 Å². The molecule has 0 bridgehead atoms. The summed E-state index contributed by atoms with van der Waals surface area (Å²) in [7, 11) is 1.69. The van der Waals surface area contributed by atoms with Crippen LogP contribution >= 0.6 is 0 Å². The van der Waals surface area contributed by atoms with Gasteiger partial charge >= 0.3 is 0 Å². The molecule has 0 aliphatic heterocycles. The molecular weight excluding hydrogens is 166 g/mol. The van der Waals surface area contributed by atoms with Crippen LogP contribution in [0.15, 0.2) is 12.3 Å². The summed E-state index contributed by atoms with van der Waals surface area (Å²) in [6.45, 7) is 4.90. The molecule has 2 N–H and O–H groups in total. The Labute approximate surface area is 78.7 Å². The van der Waals surface area contributed by atoms with Crippen LogP contribution in [0, 0.1) is 5.92 Å². The van der Waals surface area contributed by atoms with Gasteiger partial charge in [-0.05, 0) is 12.0 Å². The standard InChI is InChI=1S/C9H17N3O/c1-7(2)8(6-13-3)12-9(10)4-5-11-12/h4-5,7-8H,6,10H2,1-3H3. The quantitative estimate of drug-likeness (QED) is 0.765. The zero-order valence-electron chi connectivity index (χ0n) is 8.40. The molecule has 0 aliphatic carbocycles. The van der Waals surface area contributed by atoms with E-state index in [2.05, 4.69) is 18.9 Å². The summed E-state index contributed by atoms with van der Waals surface area (Å²) in [6.07, 6.45) is 1.71. The Morgan fingerprint density at radius 2 is 2.31 bits per heavy atom. The summed E-state index contributed by atoms with van der Waals surface area (Å²) in [6, 6.07) is 2.02. The maximum absolute atomic E-state index is 5.75. The molecule has 0 fully saturated rings. The van der Waals surface area contributed by atoms with Crippen LogP contribution in [-0.4, -0.2) is 23.5 Å². The summed E-state index contributed by atoms with van der Waals surface area (Å²) >= 11 is 0. The van der Waals surface area contributed by atoms with Crippen molar-refractivity contribution in [3.8, 4) is 0 Å². The van der Waals surface area contributed by atoms with Crippen LogP contribution in [0.1, 0.15) is 19.9 Å². The molecule has 0 radical (unpaired) electrons. The van der Waals surface area contributed by atoms with Gasteiger partial charge in [-0.2, -0.15) is 5.10 Å². The number of nitrogen functional groups attached to an aromatic ring is 1. The second-order valence-corrected chi connectivity index (χ2v) is 3.47. The molecule has 13 heavy (non-hydrogen) atoms. The Morgan fingerprint density at radius 1 is 1.62 bits per heavy atom. The van der Waals surface area contributed by atoms with Crippen LogP contribution in [0.4, 0.5) is 5.82 Å². The smallest absolute Gasteiger partial charge is 0.122 e. The molecule has 1 aromatic heterocycles. The van der Waals surface area contributed by atoms with E-state index in [1.807, 2.05) is 4.68 Å². The fourth-order valence-corrected chi connectivity index (χ4v) is 1.32. The highest BCUT2D eigenvalue weighted by Crippen LogP contribution is 2.19. The van der Waals surface area contributed by atoms with Crippen molar-refractivity contribution in [2.24, 2.45) is 5.92 Å². The first-order valence-electron chi connectivity index (χ1n) is 4.44. The number of rotatable bonds is 4. The predicted molar refractivity (Wildman–Crippen MR) is 52.4 cm³/mol. The van der Waals surface area contributed by atoms with Crippen molar-refractivity contribution >= 4 is 5.82 Å². The lowest BCUT2D eigenvalue weighted by atomic mass is 10.1. The van der Waals surface area contributed by atoms with Crippen LogP contribution in [-0.2, 0) is 4.74 Å². The molecular formula is C9H17N3O. The Bertz CT molecular complexity index is 257. The van der Waals surface area contributed by atoms with Gasteiger partial charge in [-0.3, -0.25) is 0 Å². The third-order valence-electron chi connectivity index (χ3n) is 2.12. The van der Waals surface area contributed by atoms with Gasteiger partial charge in [0.2, 0.25) is 0 Å². The van der Waals surface area contributed by atoms with E-state index in [4.69, 9.17) is 10.5 Å². The molecule has 0 saturated heterocycles. The highest BCUT2D eigenvalue weighted by Gasteiger charge is 2.17. The van der Waals surface area contributed by atoms with Gasteiger partial charge in [0.1, 0.15) is 5.82 Å². The van der Waals surface area contributed by atoms with Crippen LogP contribution < -0.4 is 5.73 Å². The fourth-order valence-electron chi connectivity index (χ4n) is 1.32. The number of methoxy groups -OCH3 is 1. The van der Waals surface area contributed by atoms with E-state index >= 15 is 0 Å². The Hall–Kier alpha value is -1.03. The van der Waals surface area contributed by atoms with E-state index < -0.39 is 0 Å². The molecule has 1 rings (SSSR count). The number of ether oxygens (including phenoxy) is 1. The van der Waals surface area contributed by atoms with Gasteiger partial charge in [0.05, 0.1) is 18.8 Å². The first-order chi connectivity index (χ1) is 6.16. The van der Waals surface area contributed by atoms with Crippen LogP contribution in [0.25, 0.3) is 0 Å². The number of aromatic nitrogens is 2.